The van der Waals surface area contributed by atoms with Crippen LogP contribution < -0.4 is 10.2 Å². The van der Waals surface area contributed by atoms with Crippen LogP contribution in [0.5, 0.6) is 0 Å². The van der Waals surface area contributed by atoms with Crippen LogP contribution in [0.15, 0.2) is 42.5 Å². The average molecular weight is 391 g/mol. The highest BCUT2D eigenvalue weighted by Gasteiger charge is 2.30. The fourth-order valence-electron chi connectivity index (χ4n) is 4.50. The number of Topliss-reactive ketones (excluding diaryl/α,β-unsaturated/α-hetero) is 1. The van der Waals surface area contributed by atoms with Crippen LogP contribution in [-0.2, 0) is 24.1 Å². The zero-order chi connectivity index (χ0) is 20.1. The molecular weight excluding hydrogens is 360 g/mol. The largest absolute Gasteiger partial charge is 0.316 e. The van der Waals surface area contributed by atoms with Gasteiger partial charge in [-0.25, -0.2) is 0 Å². The van der Waals surface area contributed by atoms with Crippen LogP contribution in [0.3, 0.4) is 0 Å². The Morgan fingerprint density at radius 2 is 1.76 bits per heavy atom. The molecule has 152 valence electrons. The minimum Gasteiger partial charge on any atom is -0.316 e. The van der Waals surface area contributed by atoms with Crippen LogP contribution >= 0.6 is 0 Å². The lowest BCUT2D eigenvalue weighted by Crippen LogP contribution is -2.39. The molecule has 0 fully saturated rings. The molecule has 0 aliphatic carbocycles. The highest BCUT2D eigenvalue weighted by molar-refractivity contribution is 6.01. The van der Waals surface area contributed by atoms with Crippen molar-refractivity contribution in [2.45, 2.75) is 51.4 Å². The summed E-state index contributed by atoms with van der Waals surface area (Å²) < 4.78 is 0. The zero-order valence-corrected chi connectivity index (χ0v) is 17.1. The van der Waals surface area contributed by atoms with Crippen LogP contribution in [0.2, 0.25) is 0 Å². The number of benzene rings is 2. The Balaban J connectivity index is 1.24. The molecule has 0 saturated heterocycles. The molecule has 4 heteroatoms. The molecule has 4 nitrogen and oxygen atoms in total. The summed E-state index contributed by atoms with van der Waals surface area (Å²) in [4.78, 5) is 26.8. The molecule has 0 bridgehead atoms. The summed E-state index contributed by atoms with van der Waals surface area (Å²) in [6.07, 6.45) is 6.86. The molecule has 0 aromatic heterocycles. The quantitative estimate of drug-likeness (QED) is 0.518. The van der Waals surface area contributed by atoms with Crippen molar-refractivity contribution >= 4 is 17.4 Å². The third kappa shape index (κ3) is 4.76. The topological polar surface area (TPSA) is 49.4 Å². The van der Waals surface area contributed by atoms with Gasteiger partial charge >= 0.3 is 0 Å². The molecule has 0 radical (unpaired) electrons. The Labute approximate surface area is 173 Å². The minimum absolute atomic E-state index is 0.234. The molecule has 2 aromatic carbocycles. The first-order chi connectivity index (χ1) is 14.2. The number of amides is 1. The Morgan fingerprint density at radius 1 is 0.966 bits per heavy atom. The second-order valence-corrected chi connectivity index (χ2v) is 8.16. The summed E-state index contributed by atoms with van der Waals surface area (Å²) in [5.41, 5.74) is 5.67. The molecule has 4 rings (SSSR count). The van der Waals surface area contributed by atoms with Gasteiger partial charge in [0.05, 0.1) is 5.69 Å². The first-order valence-electron chi connectivity index (χ1n) is 11.0. The number of hydrogen-bond donors (Lipinski definition) is 1. The normalized spacial score (nSPS) is 15.3. The number of ketones is 1. The van der Waals surface area contributed by atoms with Gasteiger partial charge in [0.25, 0.3) is 0 Å². The van der Waals surface area contributed by atoms with E-state index in [-0.39, 0.29) is 11.7 Å². The van der Waals surface area contributed by atoms with Gasteiger partial charge in [-0.15, -0.1) is 0 Å². The van der Waals surface area contributed by atoms with Crippen molar-refractivity contribution in [1.82, 2.24) is 5.32 Å². The second-order valence-electron chi connectivity index (χ2n) is 8.16. The number of hydrogen-bond acceptors (Lipinski definition) is 3. The van der Waals surface area contributed by atoms with Crippen LogP contribution in [0, 0.1) is 0 Å². The number of carbonyl (C=O) groups is 2. The lowest BCUT2D eigenvalue weighted by molar-refractivity contribution is -0.119. The van der Waals surface area contributed by atoms with Gasteiger partial charge in [-0.1, -0.05) is 30.3 Å². The van der Waals surface area contributed by atoms with Crippen molar-refractivity contribution < 1.29 is 9.59 Å². The number of rotatable bonds is 9. The summed E-state index contributed by atoms with van der Waals surface area (Å²) in [6.45, 7) is 2.75. The monoisotopic (exact) mass is 390 g/mol. The molecule has 2 heterocycles. The van der Waals surface area contributed by atoms with E-state index in [9.17, 15) is 9.59 Å². The van der Waals surface area contributed by atoms with E-state index in [2.05, 4.69) is 29.6 Å². The van der Waals surface area contributed by atoms with E-state index in [1.165, 1.54) is 16.7 Å². The SMILES string of the molecule is O=C(CCCCNCCc1ccccc1)c1cc2c3c(c1)CCC(=O)N3CCC2. The van der Waals surface area contributed by atoms with E-state index in [0.717, 1.165) is 69.4 Å². The number of nitrogens with one attached hydrogen (secondary N) is 1. The van der Waals surface area contributed by atoms with Gasteiger partial charge in [0.2, 0.25) is 5.91 Å². The van der Waals surface area contributed by atoms with E-state index in [1.807, 2.05) is 23.1 Å². The lowest BCUT2D eigenvalue weighted by Gasteiger charge is -2.35. The van der Waals surface area contributed by atoms with Gasteiger partial charge in [-0.2, -0.15) is 0 Å². The van der Waals surface area contributed by atoms with Crippen molar-refractivity contribution in [1.29, 1.82) is 0 Å². The molecule has 0 saturated carbocycles. The number of carbonyl (C=O) groups excluding carboxylic acids is 2. The van der Waals surface area contributed by atoms with Crippen molar-refractivity contribution in [3.05, 3.63) is 64.7 Å². The van der Waals surface area contributed by atoms with Gasteiger partial charge in [-0.3, -0.25) is 9.59 Å². The standard InChI is InChI=1S/C25H30N2O2/c28-23(10-4-5-14-26-15-13-19-7-2-1-3-8-19)22-17-20-9-6-16-27-24(29)12-11-21(18-22)25(20)27/h1-3,7-8,17-18,26H,4-6,9-16H2. The van der Waals surface area contributed by atoms with Gasteiger partial charge < -0.3 is 10.2 Å². The van der Waals surface area contributed by atoms with Crippen LogP contribution in [-0.4, -0.2) is 31.3 Å². The highest BCUT2D eigenvalue weighted by Crippen LogP contribution is 2.36. The number of nitrogens with zero attached hydrogens (tertiary/aromatic N) is 1. The Hall–Kier alpha value is -2.46. The number of aryl methyl sites for hydroxylation is 2. The Morgan fingerprint density at radius 3 is 2.59 bits per heavy atom. The molecule has 0 unspecified atom stereocenters. The Kier molecular flexibility index (Phi) is 6.40. The third-order valence-corrected chi connectivity index (χ3v) is 6.04. The summed E-state index contributed by atoms with van der Waals surface area (Å²) in [7, 11) is 0. The molecule has 1 N–H and O–H groups in total. The predicted molar refractivity (Wildman–Crippen MR) is 117 cm³/mol. The fourth-order valence-corrected chi connectivity index (χ4v) is 4.50. The van der Waals surface area contributed by atoms with Crippen LogP contribution in [0.1, 0.15) is 59.2 Å². The fraction of sp³-hybridized carbons (Fsp3) is 0.440. The molecule has 2 aliphatic rings. The van der Waals surface area contributed by atoms with Crippen molar-refractivity contribution in [2.75, 3.05) is 24.5 Å². The first-order valence-corrected chi connectivity index (χ1v) is 11.0. The van der Waals surface area contributed by atoms with Crippen molar-refractivity contribution in [2.24, 2.45) is 0 Å². The highest BCUT2D eigenvalue weighted by atomic mass is 16.2. The van der Waals surface area contributed by atoms with Crippen molar-refractivity contribution in [3.8, 4) is 0 Å². The van der Waals surface area contributed by atoms with E-state index in [0.29, 0.717) is 12.8 Å². The van der Waals surface area contributed by atoms with E-state index in [1.54, 1.807) is 0 Å². The van der Waals surface area contributed by atoms with Gasteiger partial charge in [0, 0.05) is 24.9 Å². The van der Waals surface area contributed by atoms with Gasteiger partial charge in [0.1, 0.15) is 0 Å². The van der Waals surface area contributed by atoms with Crippen LogP contribution in [0.4, 0.5) is 5.69 Å². The maximum Gasteiger partial charge on any atom is 0.227 e. The molecular formula is C25H30N2O2. The van der Waals surface area contributed by atoms with Gasteiger partial charge in [0.15, 0.2) is 5.78 Å². The number of anilines is 1. The summed E-state index contributed by atoms with van der Waals surface area (Å²) in [6, 6.07) is 14.6. The molecule has 1 amide bonds. The third-order valence-electron chi connectivity index (χ3n) is 6.04. The summed E-state index contributed by atoms with van der Waals surface area (Å²) in [5.74, 6) is 0.472. The summed E-state index contributed by atoms with van der Waals surface area (Å²) in [5, 5.41) is 3.47. The van der Waals surface area contributed by atoms with E-state index in [4.69, 9.17) is 0 Å². The predicted octanol–water partition coefficient (Wildman–Crippen LogP) is 4.10. The second kappa shape index (κ2) is 9.36. The van der Waals surface area contributed by atoms with E-state index >= 15 is 0 Å². The lowest BCUT2D eigenvalue weighted by atomic mass is 9.88. The molecule has 2 aliphatic heterocycles. The Bertz CT molecular complexity index is 859. The molecule has 0 spiro atoms. The maximum absolute atomic E-state index is 12.7. The smallest absolute Gasteiger partial charge is 0.227 e. The first kappa shape index (κ1) is 19.8. The van der Waals surface area contributed by atoms with Crippen molar-refractivity contribution in [3.63, 3.8) is 0 Å². The van der Waals surface area contributed by atoms with Crippen LogP contribution in [0.25, 0.3) is 0 Å². The molecule has 2 aromatic rings. The number of unbranched alkanes of at least 4 members (excludes halogenated alkanes) is 1. The van der Waals surface area contributed by atoms with E-state index < -0.39 is 0 Å². The average Bonchev–Trinajstić information content (AvgIpc) is 2.76. The zero-order valence-electron chi connectivity index (χ0n) is 17.1. The summed E-state index contributed by atoms with van der Waals surface area (Å²) >= 11 is 0. The molecule has 0 atom stereocenters. The maximum atomic E-state index is 12.7. The molecule has 29 heavy (non-hydrogen) atoms. The minimum atomic E-state index is 0.234. The van der Waals surface area contributed by atoms with Gasteiger partial charge in [-0.05, 0) is 80.4 Å².